The van der Waals surface area contributed by atoms with Crippen molar-refractivity contribution in [1.82, 2.24) is 10.2 Å². The SMILES string of the molecule is CC(C)(C)N1C(=O)c2ccc(NC(=O)NC3CCCCCCCCCCC3)cc2C1=O. The smallest absolute Gasteiger partial charge is 0.319 e. The summed E-state index contributed by atoms with van der Waals surface area (Å²) in [5.41, 5.74) is 0.682. The minimum Gasteiger partial charge on any atom is -0.335 e. The van der Waals surface area contributed by atoms with Crippen LogP contribution in [0.1, 0.15) is 112 Å². The van der Waals surface area contributed by atoms with Crippen molar-refractivity contribution >= 4 is 23.5 Å². The summed E-state index contributed by atoms with van der Waals surface area (Å²) in [5, 5.41) is 5.99. The molecule has 1 heterocycles. The summed E-state index contributed by atoms with van der Waals surface area (Å²) in [6.45, 7) is 5.51. The Labute approximate surface area is 186 Å². The number of carbonyl (C=O) groups excluding carboxylic acids is 3. The van der Waals surface area contributed by atoms with Gasteiger partial charge in [0.2, 0.25) is 0 Å². The van der Waals surface area contributed by atoms with Gasteiger partial charge in [-0.3, -0.25) is 14.5 Å². The summed E-state index contributed by atoms with van der Waals surface area (Å²) < 4.78 is 0. The Hall–Kier alpha value is -2.37. The Morgan fingerprint density at radius 1 is 0.839 bits per heavy atom. The molecule has 1 aliphatic carbocycles. The number of nitrogens with one attached hydrogen (secondary N) is 2. The molecular formula is C25H37N3O3. The second kappa shape index (κ2) is 10.3. The summed E-state index contributed by atoms with van der Waals surface area (Å²) in [6, 6.07) is 4.86. The van der Waals surface area contributed by atoms with Crippen molar-refractivity contribution in [2.24, 2.45) is 0 Å². The van der Waals surface area contributed by atoms with Crippen molar-refractivity contribution in [2.45, 2.75) is 103 Å². The summed E-state index contributed by atoms with van der Waals surface area (Å²) >= 11 is 0. The molecule has 0 bridgehead atoms. The van der Waals surface area contributed by atoms with Gasteiger partial charge in [0, 0.05) is 17.3 Å². The molecule has 1 fully saturated rings. The minimum absolute atomic E-state index is 0.174. The van der Waals surface area contributed by atoms with E-state index < -0.39 is 5.54 Å². The van der Waals surface area contributed by atoms with Crippen LogP contribution in [0.25, 0.3) is 0 Å². The van der Waals surface area contributed by atoms with E-state index in [4.69, 9.17) is 0 Å². The number of imide groups is 1. The number of amides is 4. The van der Waals surface area contributed by atoms with E-state index in [0.29, 0.717) is 16.8 Å². The number of rotatable bonds is 2. The highest BCUT2D eigenvalue weighted by molar-refractivity contribution is 6.22. The van der Waals surface area contributed by atoms with Gasteiger partial charge in [0.1, 0.15) is 0 Å². The molecule has 0 unspecified atom stereocenters. The van der Waals surface area contributed by atoms with Crippen molar-refractivity contribution in [2.75, 3.05) is 5.32 Å². The first-order valence-corrected chi connectivity index (χ1v) is 11.9. The highest BCUT2D eigenvalue weighted by Crippen LogP contribution is 2.31. The third-order valence-electron chi connectivity index (χ3n) is 6.26. The van der Waals surface area contributed by atoms with Crippen LogP contribution in [0.3, 0.4) is 0 Å². The van der Waals surface area contributed by atoms with Gasteiger partial charge >= 0.3 is 6.03 Å². The maximum Gasteiger partial charge on any atom is 0.319 e. The highest BCUT2D eigenvalue weighted by atomic mass is 16.2. The second-order valence-electron chi connectivity index (χ2n) is 9.93. The predicted molar refractivity (Wildman–Crippen MR) is 123 cm³/mol. The molecule has 2 N–H and O–H groups in total. The lowest BCUT2D eigenvalue weighted by atomic mass is 9.98. The molecule has 1 aliphatic heterocycles. The van der Waals surface area contributed by atoms with E-state index in [-0.39, 0.29) is 23.9 Å². The molecule has 170 valence electrons. The molecule has 0 spiro atoms. The Balaban J connectivity index is 1.61. The molecule has 6 heteroatoms. The Kier molecular flexibility index (Phi) is 7.74. The molecule has 0 radical (unpaired) electrons. The minimum atomic E-state index is -0.591. The van der Waals surface area contributed by atoms with Gasteiger partial charge in [-0.25, -0.2) is 4.79 Å². The molecule has 0 aromatic heterocycles. The number of carbonyl (C=O) groups is 3. The molecular weight excluding hydrogens is 390 g/mol. The van der Waals surface area contributed by atoms with Crippen molar-refractivity contribution in [3.63, 3.8) is 0 Å². The molecule has 1 aromatic rings. The third-order valence-corrected chi connectivity index (χ3v) is 6.26. The maximum atomic E-state index is 12.8. The van der Waals surface area contributed by atoms with Crippen molar-refractivity contribution < 1.29 is 14.4 Å². The van der Waals surface area contributed by atoms with Crippen LogP contribution < -0.4 is 10.6 Å². The maximum absolute atomic E-state index is 12.8. The fourth-order valence-corrected chi connectivity index (χ4v) is 4.59. The molecule has 0 saturated heterocycles. The van der Waals surface area contributed by atoms with Crippen LogP contribution in [0.4, 0.5) is 10.5 Å². The first-order chi connectivity index (χ1) is 14.8. The first kappa shape index (κ1) is 23.3. The first-order valence-electron chi connectivity index (χ1n) is 11.9. The summed E-state index contributed by atoms with van der Waals surface area (Å²) in [4.78, 5) is 39.3. The average Bonchev–Trinajstić information content (AvgIpc) is 2.94. The molecule has 4 amide bonds. The van der Waals surface area contributed by atoms with Gasteiger partial charge in [-0.1, -0.05) is 57.8 Å². The van der Waals surface area contributed by atoms with Crippen molar-refractivity contribution in [3.8, 4) is 0 Å². The van der Waals surface area contributed by atoms with Gasteiger partial charge in [-0.2, -0.15) is 0 Å². The van der Waals surface area contributed by atoms with Crippen LogP contribution >= 0.6 is 0 Å². The van der Waals surface area contributed by atoms with E-state index in [1.54, 1.807) is 18.2 Å². The lowest BCUT2D eigenvalue weighted by molar-refractivity contribution is 0.0507. The Morgan fingerprint density at radius 2 is 1.35 bits per heavy atom. The van der Waals surface area contributed by atoms with Crippen molar-refractivity contribution in [1.29, 1.82) is 0 Å². The zero-order valence-electron chi connectivity index (χ0n) is 19.3. The van der Waals surface area contributed by atoms with E-state index >= 15 is 0 Å². The number of hydrogen-bond acceptors (Lipinski definition) is 3. The van der Waals surface area contributed by atoms with Gasteiger partial charge in [0.05, 0.1) is 11.1 Å². The molecule has 1 saturated carbocycles. The van der Waals surface area contributed by atoms with E-state index in [9.17, 15) is 14.4 Å². The van der Waals surface area contributed by atoms with E-state index in [2.05, 4.69) is 10.6 Å². The predicted octanol–water partition coefficient (Wildman–Crippen LogP) is 5.88. The lowest BCUT2D eigenvalue weighted by Gasteiger charge is -2.29. The average molecular weight is 428 g/mol. The summed E-state index contributed by atoms with van der Waals surface area (Å²) in [5.74, 6) is -0.590. The monoisotopic (exact) mass is 427 g/mol. The van der Waals surface area contributed by atoms with Gasteiger partial charge in [0.15, 0.2) is 0 Å². The van der Waals surface area contributed by atoms with Gasteiger partial charge in [-0.15, -0.1) is 0 Å². The number of fused-ring (bicyclic) bond motifs is 1. The van der Waals surface area contributed by atoms with Crippen LogP contribution in [-0.2, 0) is 0 Å². The highest BCUT2D eigenvalue weighted by Gasteiger charge is 2.41. The number of nitrogens with zero attached hydrogens (tertiary/aromatic N) is 1. The third kappa shape index (κ3) is 6.08. The van der Waals surface area contributed by atoms with E-state index in [1.807, 2.05) is 20.8 Å². The Morgan fingerprint density at radius 3 is 1.90 bits per heavy atom. The quantitative estimate of drug-likeness (QED) is 0.579. The number of anilines is 1. The molecule has 3 rings (SSSR count). The van der Waals surface area contributed by atoms with Gasteiger partial charge in [-0.05, 0) is 51.8 Å². The standard InChI is InChI=1S/C25H37N3O3/c1-25(2,3)28-22(29)20-16-15-19(17-21(20)23(28)30)27-24(31)26-18-13-11-9-7-5-4-6-8-10-12-14-18/h15-18H,4-14H2,1-3H3,(H2,26,27,31). The van der Waals surface area contributed by atoms with E-state index in [0.717, 1.165) is 25.7 Å². The van der Waals surface area contributed by atoms with Crippen LogP contribution in [0.2, 0.25) is 0 Å². The normalized spacial score (nSPS) is 19.4. The van der Waals surface area contributed by atoms with Crippen LogP contribution in [0.15, 0.2) is 18.2 Å². The van der Waals surface area contributed by atoms with Crippen LogP contribution in [0, 0.1) is 0 Å². The zero-order valence-corrected chi connectivity index (χ0v) is 19.3. The van der Waals surface area contributed by atoms with Gasteiger partial charge in [0.25, 0.3) is 11.8 Å². The lowest BCUT2D eigenvalue weighted by Crippen LogP contribution is -2.45. The van der Waals surface area contributed by atoms with Crippen LogP contribution in [-0.4, -0.2) is 34.3 Å². The van der Waals surface area contributed by atoms with Crippen LogP contribution in [0.5, 0.6) is 0 Å². The molecule has 6 nitrogen and oxygen atoms in total. The van der Waals surface area contributed by atoms with E-state index in [1.165, 1.54) is 49.8 Å². The molecule has 1 aromatic carbocycles. The second-order valence-corrected chi connectivity index (χ2v) is 9.93. The number of urea groups is 1. The summed E-state index contributed by atoms with van der Waals surface area (Å²) in [7, 11) is 0. The fourth-order valence-electron chi connectivity index (χ4n) is 4.59. The topological polar surface area (TPSA) is 78.5 Å². The molecule has 0 atom stereocenters. The zero-order chi connectivity index (χ0) is 22.4. The van der Waals surface area contributed by atoms with Crippen molar-refractivity contribution in [3.05, 3.63) is 29.3 Å². The largest absolute Gasteiger partial charge is 0.335 e. The number of hydrogen-bond donors (Lipinski definition) is 2. The molecule has 31 heavy (non-hydrogen) atoms. The number of benzene rings is 1. The fraction of sp³-hybridized carbons (Fsp3) is 0.640. The molecule has 2 aliphatic rings. The summed E-state index contributed by atoms with van der Waals surface area (Å²) in [6.07, 6.45) is 13.3. The van der Waals surface area contributed by atoms with Gasteiger partial charge < -0.3 is 10.6 Å². The Bertz CT molecular complexity index is 801.